The van der Waals surface area contributed by atoms with Crippen molar-refractivity contribution in [1.82, 2.24) is 9.78 Å². The molecule has 0 spiro atoms. The Balaban J connectivity index is 2.07. The molecular weight excluding hydrogens is 324 g/mol. The number of hydrogen-bond acceptors (Lipinski definition) is 4. The first-order valence-corrected chi connectivity index (χ1v) is 8.72. The van der Waals surface area contributed by atoms with Crippen LogP contribution in [-0.2, 0) is 12.0 Å². The van der Waals surface area contributed by atoms with Gasteiger partial charge < -0.3 is 5.32 Å². The summed E-state index contributed by atoms with van der Waals surface area (Å²) in [4.78, 5) is 11.7. The van der Waals surface area contributed by atoms with Crippen LogP contribution < -0.4 is 5.32 Å². The molecule has 0 saturated carbocycles. The summed E-state index contributed by atoms with van der Waals surface area (Å²) in [6.07, 6.45) is 0. The molecule has 0 fully saturated rings. The van der Waals surface area contributed by atoms with E-state index in [1.165, 1.54) is 5.56 Å². The van der Waals surface area contributed by atoms with E-state index in [1.807, 2.05) is 82.3 Å². The lowest BCUT2D eigenvalue weighted by Gasteiger charge is -2.14. The average Bonchev–Trinajstić information content (AvgIpc) is 3.00. The molecule has 0 bridgehead atoms. The van der Waals surface area contributed by atoms with Gasteiger partial charge in [-0.1, -0.05) is 68.8 Å². The molecule has 0 saturated heterocycles. The Bertz CT molecular complexity index is 890. The first kappa shape index (κ1) is 17.9. The molecule has 0 radical (unpaired) electrons. The molecule has 0 aliphatic carbocycles. The van der Waals surface area contributed by atoms with E-state index in [2.05, 4.69) is 10.5 Å². The maximum Gasteiger partial charge on any atom is 0.174 e. The van der Waals surface area contributed by atoms with E-state index >= 15 is 0 Å². The first-order chi connectivity index (χ1) is 12.4. The van der Waals surface area contributed by atoms with Gasteiger partial charge in [-0.25, -0.2) is 4.68 Å². The van der Waals surface area contributed by atoms with Gasteiger partial charge in [-0.2, -0.15) is 5.10 Å². The summed E-state index contributed by atoms with van der Waals surface area (Å²) in [6.45, 7) is 8.73. The van der Waals surface area contributed by atoms with Crippen molar-refractivity contribution >= 4 is 11.5 Å². The smallest absolute Gasteiger partial charge is 0.174 e. The Labute approximate surface area is 154 Å². The molecule has 5 heteroatoms. The number of rotatable bonds is 5. The van der Waals surface area contributed by atoms with Gasteiger partial charge in [0.05, 0.1) is 11.4 Å². The monoisotopic (exact) mass is 348 g/mol. The van der Waals surface area contributed by atoms with E-state index in [9.17, 15) is 4.91 Å². The van der Waals surface area contributed by atoms with Crippen LogP contribution in [0.25, 0.3) is 5.69 Å². The molecule has 1 aromatic heterocycles. The highest BCUT2D eigenvalue weighted by molar-refractivity contribution is 5.68. The first-order valence-electron chi connectivity index (χ1n) is 8.72. The van der Waals surface area contributed by atoms with Crippen molar-refractivity contribution in [3.8, 4) is 5.69 Å². The van der Waals surface area contributed by atoms with Crippen molar-refractivity contribution in [1.29, 1.82) is 0 Å². The third kappa shape index (κ3) is 3.67. The number of nitrogens with zero attached hydrogens (tertiary/aromatic N) is 3. The number of anilines is 1. The minimum absolute atomic E-state index is 0.289. The zero-order chi connectivity index (χ0) is 18.7. The van der Waals surface area contributed by atoms with Crippen LogP contribution in [0.15, 0.2) is 59.8 Å². The van der Waals surface area contributed by atoms with Crippen molar-refractivity contribution in [2.75, 3.05) is 5.32 Å². The van der Waals surface area contributed by atoms with E-state index in [4.69, 9.17) is 5.10 Å². The highest BCUT2D eigenvalue weighted by Gasteiger charge is 2.28. The molecule has 134 valence electrons. The Morgan fingerprint density at radius 1 is 1.04 bits per heavy atom. The van der Waals surface area contributed by atoms with Crippen molar-refractivity contribution in [2.45, 2.75) is 39.7 Å². The molecule has 3 rings (SSSR count). The molecule has 1 N–H and O–H groups in total. The number of aryl methyl sites for hydroxylation is 1. The lowest BCUT2D eigenvalue weighted by Crippen LogP contribution is -2.13. The molecule has 26 heavy (non-hydrogen) atoms. The van der Waals surface area contributed by atoms with Crippen LogP contribution in [0.5, 0.6) is 0 Å². The summed E-state index contributed by atoms with van der Waals surface area (Å²) in [5, 5.41) is 11.4. The molecule has 0 amide bonds. The Morgan fingerprint density at radius 3 is 2.27 bits per heavy atom. The second-order valence-corrected chi connectivity index (χ2v) is 7.47. The topological polar surface area (TPSA) is 59.3 Å². The van der Waals surface area contributed by atoms with Crippen molar-refractivity contribution in [3.05, 3.63) is 76.3 Å². The van der Waals surface area contributed by atoms with E-state index in [1.54, 1.807) is 4.68 Å². The second kappa shape index (κ2) is 7.12. The van der Waals surface area contributed by atoms with Crippen LogP contribution in [0, 0.1) is 11.8 Å². The zero-order valence-electron chi connectivity index (χ0n) is 15.7. The summed E-state index contributed by atoms with van der Waals surface area (Å²) < 4.78 is 1.78. The number of aromatic nitrogens is 2. The molecule has 5 nitrogen and oxygen atoms in total. The van der Waals surface area contributed by atoms with E-state index in [-0.39, 0.29) is 5.41 Å². The Hall–Kier alpha value is -2.95. The predicted octanol–water partition coefficient (Wildman–Crippen LogP) is 5.49. The fourth-order valence-corrected chi connectivity index (χ4v) is 2.81. The average molecular weight is 348 g/mol. The van der Waals surface area contributed by atoms with Crippen LogP contribution in [-0.4, -0.2) is 9.78 Å². The number of nitrogens with one attached hydrogen (secondary N) is 1. The fraction of sp³-hybridized carbons (Fsp3) is 0.286. The molecular formula is C21H24N4O. The minimum atomic E-state index is -0.289. The van der Waals surface area contributed by atoms with Gasteiger partial charge in [-0.3, -0.25) is 0 Å². The van der Waals surface area contributed by atoms with Crippen LogP contribution in [0.3, 0.4) is 0 Å². The highest BCUT2D eigenvalue weighted by Crippen LogP contribution is 2.38. The molecule has 3 aromatic rings. The van der Waals surface area contributed by atoms with Crippen LogP contribution in [0.4, 0.5) is 11.5 Å². The largest absolute Gasteiger partial charge is 0.364 e. The maximum absolute atomic E-state index is 11.7. The van der Waals surface area contributed by atoms with Gasteiger partial charge in [0.2, 0.25) is 0 Å². The lowest BCUT2D eigenvalue weighted by atomic mass is 9.91. The number of benzene rings is 2. The molecule has 0 atom stereocenters. The van der Waals surface area contributed by atoms with E-state index in [0.29, 0.717) is 23.7 Å². The predicted molar refractivity (Wildman–Crippen MR) is 106 cm³/mol. The number of nitroso groups, excluding NO2 is 1. The van der Waals surface area contributed by atoms with Crippen LogP contribution >= 0.6 is 0 Å². The van der Waals surface area contributed by atoms with Crippen molar-refractivity contribution in [2.24, 2.45) is 5.18 Å². The van der Waals surface area contributed by atoms with E-state index in [0.717, 1.165) is 11.3 Å². The third-order valence-corrected chi connectivity index (χ3v) is 4.24. The summed E-state index contributed by atoms with van der Waals surface area (Å²) in [6, 6.07) is 18.1. The van der Waals surface area contributed by atoms with Crippen molar-refractivity contribution in [3.63, 3.8) is 0 Å². The lowest BCUT2D eigenvalue weighted by molar-refractivity contribution is 0.561. The standard InChI is InChI=1S/C21H24N4O/c1-15-10-12-17(13-11-15)25-20(22-14-16-8-6-5-7-9-16)18(24-26)19(23-25)21(2,3)4/h5-13,22H,14H2,1-4H3. The van der Waals surface area contributed by atoms with Crippen LogP contribution in [0.1, 0.15) is 37.6 Å². The summed E-state index contributed by atoms with van der Waals surface area (Å²) in [5.41, 5.74) is 3.95. The zero-order valence-corrected chi connectivity index (χ0v) is 15.7. The summed E-state index contributed by atoms with van der Waals surface area (Å²) >= 11 is 0. The highest BCUT2D eigenvalue weighted by atomic mass is 16.3. The quantitative estimate of drug-likeness (QED) is 0.620. The molecule has 2 aromatic carbocycles. The SMILES string of the molecule is Cc1ccc(-n2nc(C(C)(C)C)c(N=O)c2NCc2ccccc2)cc1. The normalized spacial score (nSPS) is 11.4. The van der Waals surface area contributed by atoms with Gasteiger partial charge in [0.1, 0.15) is 0 Å². The van der Waals surface area contributed by atoms with Gasteiger partial charge in [0.25, 0.3) is 0 Å². The Kier molecular flexibility index (Phi) is 4.89. The van der Waals surface area contributed by atoms with E-state index < -0.39 is 0 Å². The molecule has 0 aliphatic heterocycles. The maximum atomic E-state index is 11.7. The van der Waals surface area contributed by atoms with Gasteiger partial charge in [-0.15, -0.1) is 4.91 Å². The van der Waals surface area contributed by atoms with Gasteiger partial charge >= 0.3 is 0 Å². The minimum Gasteiger partial charge on any atom is -0.364 e. The third-order valence-electron chi connectivity index (χ3n) is 4.24. The second-order valence-electron chi connectivity index (χ2n) is 7.47. The molecule has 0 aliphatic rings. The summed E-state index contributed by atoms with van der Waals surface area (Å²) in [5.74, 6) is 0.623. The van der Waals surface area contributed by atoms with Crippen LogP contribution in [0.2, 0.25) is 0 Å². The molecule has 0 unspecified atom stereocenters. The van der Waals surface area contributed by atoms with Crippen molar-refractivity contribution < 1.29 is 0 Å². The number of hydrogen-bond donors (Lipinski definition) is 1. The Morgan fingerprint density at radius 2 is 1.69 bits per heavy atom. The van der Waals surface area contributed by atoms with Gasteiger partial charge in [0, 0.05) is 12.0 Å². The summed E-state index contributed by atoms with van der Waals surface area (Å²) in [7, 11) is 0. The van der Waals surface area contributed by atoms with Gasteiger partial charge in [-0.05, 0) is 29.8 Å². The molecule has 1 heterocycles. The van der Waals surface area contributed by atoms with Gasteiger partial charge in [0.15, 0.2) is 11.5 Å². The fourth-order valence-electron chi connectivity index (χ4n) is 2.81.